The Morgan fingerprint density at radius 3 is 2.36 bits per heavy atom. The molecule has 0 atom stereocenters. The summed E-state index contributed by atoms with van der Waals surface area (Å²) in [5.74, 6) is 2.29. The van der Waals surface area contributed by atoms with Crippen LogP contribution >= 0.6 is 0 Å². The van der Waals surface area contributed by atoms with E-state index in [4.69, 9.17) is 0 Å². The first-order valence-corrected chi connectivity index (χ1v) is 10.4. The van der Waals surface area contributed by atoms with Crippen molar-refractivity contribution in [3.05, 3.63) is 36.0 Å². The number of amides is 3. The van der Waals surface area contributed by atoms with Gasteiger partial charge in [-0.1, -0.05) is 18.2 Å². The van der Waals surface area contributed by atoms with E-state index in [1.54, 1.807) is 6.20 Å². The topological polar surface area (TPSA) is 75.2 Å². The van der Waals surface area contributed by atoms with Crippen LogP contribution in [0.15, 0.2) is 30.5 Å². The third-order valence-corrected chi connectivity index (χ3v) is 7.22. The second-order valence-corrected chi connectivity index (χ2v) is 9.35. The zero-order chi connectivity index (χ0) is 19.3. The molecule has 148 valence electrons. The summed E-state index contributed by atoms with van der Waals surface area (Å²) >= 11 is 0. The molecule has 3 N–H and O–H groups in total. The predicted molar refractivity (Wildman–Crippen MR) is 108 cm³/mol. The third kappa shape index (κ3) is 3.05. The van der Waals surface area contributed by atoms with E-state index >= 15 is 0 Å². The molecule has 4 aliphatic carbocycles. The van der Waals surface area contributed by atoms with Gasteiger partial charge in [0.25, 0.3) is 5.91 Å². The van der Waals surface area contributed by atoms with Crippen LogP contribution in [0, 0.1) is 23.2 Å². The van der Waals surface area contributed by atoms with Gasteiger partial charge in [-0.15, -0.1) is 0 Å². The van der Waals surface area contributed by atoms with E-state index in [9.17, 15) is 9.59 Å². The van der Waals surface area contributed by atoms with Crippen LogP contribution in [0.1, 0.15) is 48.9 Å². The minimum absolute atomic E-state index is 0.283. The Bertz CT molecular complexity index is 896. The molecule has 4 bridgehead atoms. The molecule has 0 radical (unpaired) electrons. The number of hydrogen-bond donors (Lipinski definition) is 3. The molecule has 6 nitrogen and oxygen atoms in total. The van der Waals surface area contributed by atoms with Crippen molar-refractivity contribution >= 4 is 22.8 Å². The first kappa shape index (κ1) is 17.6. The number of aryl methyl sites for hydroxylation is 1. The molecule has 0 unspecified atom stereocenters. The first-order valence-electron chi connectivity index (χ1n) is 10.4. The van der Waals surface area contributed by atoms with Crippen molar-refractivity contribution < 1.29 is 9.59 Å². The summed E-state index contributed by atoms with van der Waals surface area (Å²) in [7, 11) is 1.91. The molecule has 28 heavy (non-hydrogen) atoms. The molecule has 1 heterocycles. The SMILES string of the molecule is Cn1cc(C(=O)NNC(=O)NCC23CC4CC(CC(C4)C2)C3)c2ccccc21. The quantitative estimate of drug-likeness (QED) is 0.715. The Morgan fingerprint density at radius 1 is 1.04 bits per heavy atom. The zero-order valence-corrected chi connectivity index (χ0v) is 16.3. The molecule has 0 aliphatic heterocycles. The molecule has 3 amide bonds. The van der Waals surface area contributed by atoms with E-state index < -0.39 is 0 Å². The van der Waals surface area contributed by atoms with E-state index in [1.165, 1.54) is 38.5 Å². The number of hydrazine groups is 1. The number of nitrogens with one attached hydrogen (secondary N) is 3. The number of carbonyl (C=O) groups is 2. The van der Waals surface area contributed by atoms with Crippen molar-refractivity contribution in [2.75, 3.05) is 6.54 Å². The molecule has 4 fully saturated rings. The monoisotopic (exact) mass is 380 g/mol. The van der Waals surface area contributed by atoms with Gasteiger partial charge in [-0.05, 0) is 67.8 Å². The van der Waals surface area contributed by atoms with Crippen LogP contribution in [-0.2, 0) is 7.05 Å². The minimum Gasteiger partial charge on any atom is -0.350 e. The highest BCUT2D eigenvalue weighted by Gasteiger charge is 2.50. The van der Waals surface area contributed by atoms with Crippen LogP contribution in [0.4, 0.5) is 4.79 Å². The molecule has 1 aromatic carbocycles. The largest absolute Gasteiger partial charge is 0.350 e. The number of fused-ring (bicyclic) bond motifs is 1. The van der Waals surface area contributed by atoms with E-state index in [-0.39, 0.29) is 17.4 Å². The van der Waals surface area contributed by atoms with Crippen LogP contribution in [0.25, 0.3) is 10.9 Å². The Labute approximate surface area is 165 Å². The number of hydrogen-bond acceptors (Lipinski definition) is 2. The van der Waals surface area contributed by atoms with Crippen LogP contribution in [-0.4, -0.2) is 23.1 Å². The number of nitrogens with zero attached hydrogens (tertiary/aromatic N) is 1. The molecule has 1 aromatic heterocycles. The van der Waals surface area contributed by atoms with Gasteiger partial charge in [0, 0.05) is 30.7 Å². The van der Waals surface area contributed by atoms with Crippen molar-refractivity contribution in [3.63, 3.8) is 0 Å². The van der Waals surface area contributed by atoms with E-state index in [0.29, 0.717) is 12.1 Å². The summed E-state index contributed by atoms with van der Waals surface area (Å²) in [5, 5.41) is 3.89. The molecule has 4 aliphatic rings. The Hall–Kier alpha value is -2.50. The van der Waals surface area contributed by atoms with Gasteiger partial charge in [0.1, 0.15) is 0 Å². The van der Waals surface area contributed by atoms with Crippen molar-refractivity contribution in [1.29, 1.82) is 0 Å². The van der Waals surface area contributed by atoms with Crippen LogP contribution in [0.2, 0.25) is 0 Å². The third-order valence-electron chi connectivity index (χ3n) is 7.22. The molecule has 0 saturated heterocycles. The average Bonchev–Trinajstić information content (AvgIpc) is 3.01. The fraction of sp³-hybridized carbons (Fsp3) is 0.545. The normalized spacial score (nSPS) is 30.4. The highest BCUT2D eigenvalue weighted by Crippen LogP contribution is 2.59. The van der Waals surface area contributed by atoms with Gasteiger partial charge in [-0.2, -0.15) is 0 Å². The predicted octanol–water partition coefficient (Wildman–Crippen LogP) is 3.34. The average molecular weight is 380 g/mol. The summed E-state index contributed by atoms with van der Waals surface area (Å²) in [4.78, 5) is 24.8. The molecule has 4 saturated carbocycles. The lowest BCUT2D eigenvalue weighted by Gasteiger charge is -2.56. The van der Waals surface area contributed by atoms with Crippen molar-refractivity contribution in [2.24, 2.45) is 30.2 Å². The highest BCUT2D eigenvalue weighted by molar-refractivity contribution is 6.07. The van der Waals surface area contributed by atoms with Crippen molar-refractivity contribution in [3.8, 4) is 0 Å². The number of carbonyl (C=O) groups excluding carboxylic acids is 2. The molecule has 0 spiro atoms. The maximum absolute atomic E-state index is 12.5. The number of para-hydroxylation sites is 1. The van der Waals surface area contributed by atoms with Gasteiger partial charge in [-0.3, -0.25) is 10.2 Å². The van der Waals surface area contributed by atoms with Crippen molar-refractivity contribution in [2.45, 2.75) is 38.5 Å². The maximum Gasteiger partial charge on any atom is 0.333 e. The highest BCUT2D eigenvalue weighted by atomic mass is 16.2. The van der Waals surface area contributed by atoms with Gasteiger partial charge < -0.3 is 9.88 Å². The smallest absolute Gasteiger partial charge is 0.333 e. The number of aromatic nitrogens is 1. The summed E-state index contributed by atoms with van der Waals surface area (Å²) in [5.41, 5.74) is 6.90. The Morgan fingerprint density at radius 2 is 1.68 bits per heavy atom. The number of urea groups is 1. The molecule has 2 aromatic rings. The lowest BCUT2D eigenvalue weighted by Crippen LogP contribution is -2.54. The maximum atomic E-state index is 12.5. The van der Waals surface area contributed by atoms with Crippen molar-refractivity contribution in [1.82, 2.24) is 20.7 Å². The first-order chi connectivity index (χ1) is 13.5. The Kier molecular flexibility index (Phi) is 4.11. The van der Waals surface area contributed by atoms with E-state index in [2.05, 4.69) is 16.2 Å². The van der Waals surface area contributed by atoms with Gasteiger partial charge in [0.05, 0.1) is 5.56 Å². The lowest BCUT2D eigenvalue weighted by molar-refractivity contribution is -0.0498. The molecule has 6 heteroatoms. The zero-order valence-electron chi connectivity index (χ0n) is 16.3. The Balaban J connectivity index is 1.17. The molecular formula is C22H28N4O2. The van der Waals surface area contributed by atoms with Crippen LogP contribution < -0.4 is 16.2 Å². The van der Waals surface area contributed by atoms with Gasteiger partial charge >= 0.3 is 6.03 Å². The van der Waals surface area contributed by atoms with Gasteiger partial charge in [0.2, 0.25) is 0 Å². The van der Waals surface area contributed by atoms with Crippen LogP contribution in [0.3, 0.4) is 0 Å². The van der Waals surface area contributed by atoms with Gasteiger partial charge in [-0.25, -0.2) is 10.2 Å². The fourth-order valence-electron chi connectivity index (χ4n) is 6.52. The van der Waals surface area contributed by atoms with E-state index in [0.717, 1.165) is 28.7 Å². The summed E-state index contributed by atoms with van der Waals surface area (Å²) < 4.78 is 1.91. The standard InChI is InChI=1S/C22H28N4O2/c1-26-12-18(17-4-2-3-5-19(17)26)20(27)24-25-21(28)23-13-22-9-14-6-15(10-22)8-16(7-14)11-22/h2-5,12,14-16H,6-11,13H2,1H3,(H,24,27)(H2,23,25,28). The summed E-state index contributed by atoms with van der Waals surface area (Å²) in [6.45, 7) is 0.715. The fourth-order valence-corrected chi connectivity index (χ4v) is 6.52. The number of rotatable bonds is 3. The van der Waals surface area contributed by atoms with E-state index in [1.807, 2.05) is 35.9 Å². The second kappa shape index (κ2) is 6.54. The molecule has 6 rings (SSSR count). The lowest BCUT2D eigenvalue weighted by atomic mass is 9.49. The number of benzene rings is 1. The van der Waals surface area contributed by atoms with Crippen LogP contribution in [0.5, 0.6) is 0 Å². The van der Waals surface area contributed by atoms with Gasteiger partial charge in [0.15, 0.2) is 0 Å². The molecular weight excluding hydrogens is 352 g/mol. The summed E-state index contributed by atoms with van der Waals surface area (Å²) in [6.07, 6.45) is 9.73. The second-order valence-electron chi connectivity index (χ2n) is 9.35. The summed E-state index contributed by atoms with van der Waals surface area (Å²) in [6, 6.07) is 7.41. The minimum atomic E-state index is -0.329.